The van der Waals surface area contributed by atoms with Crippen LogP contribution in [0.1, 0.15) is 76.3 Å². The Morgan fingerprint density at radius 1 is 0.612 bits per heavy atom. The van der Waals surface area contributed by atoms with E-state index in [1.54, 1.807) is 24.3 Å². The summed E-state index contributed by atoms with van der Waals surface area (Å²) < 4.78 is 75.5. The summed E-state index contributed by atoms with van der Waals surface area (Å²) in [5.74, 6) is 1.24. The Bertz CT molecular complexity index is 1710. The predicted molar refractivity (Wildman–Crippen MR) is 186 cm³/mol. The molecule has 0 fully saturated rings. The van der Waals surface area contributed by atoms with Crippen LogP contribution in [-0.4, -0.2) is 68.8 Å². The summed E-state index contributed by atoms with van der Waals surface area (Å²) in [6.07, 6.45) is 10.5. The molecule has 0 radical (unpaired) electrons. The fourth-order valence-corrected chi connectivity index (χ4v) is 5.79. The number of rotatable bonds is 16. The van der Waals surface area contributed by atoms with Gasteiger partial charge in [-0.25, -0.2) is 8.42 Å². The molecule has 0 spiro atoms. The van der Waals surface area contributed by atoms with Crippen molar-refractivity contribution in [2.75, 3.05) is 0 Å². The average Bonchev–Trinajstić information content (AvgIpc) is 3.03. The van der Waals surface area contributed by atoms with Crippen molar-refractivity contribution in [2.24, 2.45) is 0 Å². The Morgan fingerprint density at radius 2 is 1.08 bits per heavy atom. The number of ether oxygens (including phenoxy) is 2. The van der Waals surface area contributed by atoms with Gasteiger partial charge >= 0.3 is 37.7 Å². The summed E-state index contributed by atoms with van der Waals surface area (Å²) >= 11 is 0. The maximum Gasteiger partial charge on any atom is 2.00 e. The average molecular weight is 739 g/mol. The molecule has 2 N–H and O–H groups in total. The number of unbranched alkanes of at least 4 members (excludes halogenated alkanes) is 6. The summed E-state index contributed by atoms with van der Waals surface area (Å²) in [7, 11) is -8.82. The minimum absolute atomic E-state index is 0. The van der Waals surface area contributed by atoms with Gasteiger partial charge < -0.3 is 24.2 Å². The summed E-state index contributed by atoms with van der Waals surface area (Å²) in [4.78, 5) is -0.605. The third-order valence-electron chi connectivity index (χ3n) is 7.36. The van der Waals surface area contributed by atoms with E-state index in [1.807, 2.05) is 6.07 Å². The van der Waals surface area contributed by atoms with Crippen LogP contribution in [0.4, 0.5) is 0 Å². The zero-order valence-electron chi connectivity index (χ0n) is 27.8. The zero-order valence-corrected chi connectivity index (χ0v) is 31.7. The molecule has 4 rings (SSSR count). The van der Waals surface area contributed by atoms with Crippen molar-refractivity contribution in [2.45, 2.75) is 87.8 Å². The first kappa shape index (κ1) is 42.3. The molecule has 4 aromatic carbocycles. The second-order valence-electron chi connectivity index (χ2n) is 11.3. The molecule has 10 nitrogen and oxygen atoms in total. The topological polar surface area (TPSA) is 173 Å². The fraction of sp³-hybridized carbons (Fsp3) is 0.333. The molecule has 0 saturated carbocycles. The Kier molecular flexibility index (Phi) is 17.9. The van der Waals surface area contributed by atoms with Crippen LogP contribution in [0.25, 0.3) is 0 Å². The molecule has 0 saturated heterocycles. The Morgan fingerprint density at radius 3 is 1.57 bits per heavy atom. The minimum Gasteiger partial charge on any atom is -0.872 e. The molecule has 0 heterocycles. The molecule has 0 aliphatic rings. The van der Waals surface area contributed by atoms with Crippen molar-refractivity contribution >= 4 is 58.0 Å². The van der Waals surface area contributed by atoms with Crippen LogP contribution in [0.3, 0.4) is 0 Å². The monoisotopic (exact) mass is 738 g/mol. The largest absolute Gasteiger partial charge is 2.00 e. The van der Waals surface area contributed by atoms with E-state index < -0.39 is 20.2 Å². The minimum atomic E-state index is -4.54. The second-order valence-corrected chi connectivity index (χ2v) is 14.1. The van der Waals surface area contributed by atoms with E-state index in [2.05, 4.69) is 13.8 Å². The van der Waals surface area contributed by atoms with Crippen molar-refractivity contribution in [1.29, 1.82) is 0 Å². The third kappa shape index (κ3) is 14.9. The molecule has 0 bridgehead atoms. The first-order chi connectivity index (χ1) is 22.8. The number of phenols is 1. The maximum atomic E-state index is 12.1. The van der Waals surface area contributed by atoms with Crippen LogP contribution >= 0.6 is 0 Å². The molecule has 0 aliphatic heterocycles. The smallest absolute Gasteiger partial charge is 0.872 e. The van der Waals surface area contributed by atoms with Crippen LogP contribution in [-0.2, 0) is 33.1 Å². The van der Waals surface area contributed by atoms with Crippen LogP contribution in [0.2, 0.25) is 0 Å². The molecule has 13 heteroatoms. The molecule has 0 unspecified atom stereocenters. The summed E-state index contributed by atoms with van der Waals surface area (Å²) in [6, 6.07) is 20.7. The standard InChI is InChI=1S/2C18H22O5S.Ca/c2*1-2-3-4-5-7-14-10-11-16(13-18(14)19)23-15-8-6-9-17(12-15)24(20,21)22;/h2*6,8-13,19H,2-5,7H2,1H3,(H,20,21,22);/q;;+2/p-2. The van der Waals surface area contributed by atoms with Crippen molar-refractivity contribution in [3.63, 3.8) is 0 Å². The van der Waals surface area contributed by atoms with E-state index in [9.17, 15) is 31.6 Å². The summed E-state index contributed by atoms with van der Waals surface area (Å²) in [6.45, 7) is 4.29. The van der Waals surface area contributed by atoms with Crippen LogP contribution in [0, 0.1) is 0 Å². The van der Waals surface area contributed by atoms with Gasteiger partial charge in [0.2, 0.25) is 0 Å². The van der Waals surface area contributed by atoms with E-state index in [0.29, 0.717) is 11.5 Å². The Labute approximate surface area is 319 Å². The second kappa shape index (κ2) is 20.7. The van der Waals surface area contributed by atoms with Crippen molar-refractivity contribution in [3.8, 4) is 34.5 Å². The number of aromatic hydroxyl groups is 1. The van der Waals surface area contributed by atoms with E-state index >= 15 is 0 Å². The molecule has 0 aliphatic carbocycles. The van der Waals surface area contributed by atoms with E-state index in [0.717, 1.165) is 68.6 Å². The normalized spacial score (nSPS) is 11.2. The molecular formula is C36H42CaO10S2. The molecular weight excluding hydrogens is 697 g/mol. The molecule has 0 amide bonds. The van der Waals surface area contributed by atoms with Gasteiger partial charge in [0, 0.05) is 12.1 Å². The number of benzene rings is 4. The Hall–Kier alpha value is -2.84. The number of phenolic OH excluding ortho intramolecular Hbond substituents is 1. The van der Waals surface area contributed by atoms with Gasteiger partial charge in [0.05, 0.1) is 9.79 Å². The van der Waals surface area contributed by atoms with E-state index in [4.69, 9.17) is 14.0 Å². The van der Waals surface area contributed by atoms with Crippen LogP contribution < -0.4 is 14.6 Å². The van der Waals surface area contributed by atoms with Crippen molar-refractivity contribution in [1.82, 2.24) is 0 Å². The predicted octanol–water partition coefficient (Wildman–Crippen LogP) is 7.75. The maximum absolute atomic E-state index is 12.1. The van der Waals surface area contributed by atoms with Gasteiger partial charge in [-0.05, 0) is 79.8 Å². The molecule has 4 aromatic rings. The van der Waals surface area contributed by atoms with Crippen molar-refractivity contribution < 1.29 is 45.6 Å². The molecule has 0 atom stereocenters. The zero-order chi connectivity index (χ0) is 35.2. The summed E-state index contributed by atoms with van der Waals surface area (Å²) in [5, 5.41) is 22.2. The number of hydrogen-bond donors (Lipinski definition) is 2. The van der Waals surface area contributed by atoms with Gasteiger partial charge in [-0.1, -0.05) is 82.2 Å². The van der Waals surface area contributed by atoms with Gasteiger partial charge in [-0.2, -0.15) is 8.42 Å². The van der Waals surface area contributed by atoms with Crippen molar-refractivity contribution in [3.05, 3.63) is 96.1 Å². The summed E-state index contributed by atoms with van der Waals surface area (Å²) in [5.41, 5.74) is 1.61. The van der Waals surface area contributed by atoms with Gasteiger partial charge in [0.15, 0.2) is 0 Å². The molecule has 0 aromatic heterocycles. The van der Waals surface area contributed by atoms with E-state index in [-0.39, 0.29) is 70.5 Å². The number of aryl methyl sites for hydroxylation is 2. The number of hydrogen-bond acceptors (Lipinski definition) is 9. The van der Waals surface area contributed by atoms with Gasteiger partial charge in [0.1, 0.15) is 38.9 Å². The SMILES string of the molecule is CCCCCCc1ccc(Oc2cccc(S(=O)(=O)O)c2)cc1O.CCCCCCc1ccc(Oc2cccc(S(=O)(=O)[O-])c2)cc1[O-].[Ca+2]. The van der Waals surface area contributed by atoms with Gasteiger partial charge in [0.25, 0.3) is 10.1 Å². The van der Waals surface area contributed by atoms with Gasteiger partial charge in [-0.3, -0.25) is 4.55 Å². The first-order valence-electron chi connectivity index (χ1n) is 15.9. The quantitative estimate of drug-likeness (QED) is 0.0657. The van der Waals surface area contributed by atoms with Crippen LogP contribution in [0.5, 0.6) is 34.5 Å². The fourth-order valence-electron chi connectivity index (χ4n) is 4.77. The Balaban J connectivity index is 0.000000333. The van der Waals surface area contributed by atoms with Crippen LogP contribution in [0.15, 0.2) is 94.7 Å². The first-order valence-corrected chi connectivity index (χ1v) is 18.8. The molecule has 260 valence electrons. The van der Waals surface area contributed by atoms with E-state index in [1.165, 1.54) is 61.4 Å². The third-order valence-corrected chi connectivity index (χ3v) is 9.04. The molecule has 49 heavy (non-hydrogen) atoms. The van der Waals surface area contributed by atoms with Gasteiger partial charge in [-0.15, -0.1) is 5.75 Å².